The van der Waals surface area contributed by atoms with E-state index in [1.807, 2.05) is 51.1 Å². The molecule has 0 unspecified atom stereocenters. The van der Waals surface area contributed by atoms with Crippen molar-refractivity contribution >= 4 is 17.9 Å². The molecule has 3 N–H and O–H groups in total. The van der Waals surface area contributed by atoms with E-state index in [1.165, 1.54) is 0 Å². The van der Waals surface area contributed by atoms with Gasteiger partial charge in [0.1, 0.15) is 18.0 Å². The maximum Gasteiger partial charge on any atom is 0.329 e. The van der Waals surface area contributed by atoms with Gasteiger partial charge in [0.15, 0.2) is 5.54 Å². The smallest absolute Gasteiger partial charge is 0.329 e. The van der Waals surface area contributed by atoms with Crippen molar-refractivity contribution in [1.29, 1.82) is 0 Å². The van der Waals surface area contributed by atoms with Crippen LogP contribution in [-0.4, -0.2) is 59.1 Å². The van der Waals surface area contributed by atoms with Gasteiger partial charge in [-0.15, -0.1) is 0 Å². The van der Waals surface area contributed by atoms with Gasteiger partial charge in [-0.1, -0.05) is 30.3 Å². The second-order valence-corrected chi connectivity index (χ2v) is 9.60. The van der Waals surface area contributed by atoms with Crippen LogP contribution >= 0.6 is 0 Å². The lowest BCUT2D eigenvalue weighted by Crippen LogP contribution is -2.68. The number of nitrogens with one attached hydrogen (secondary N) is 2. The standard InChI is InChI=1S/C28H35F2N3O6/c1-5-38-22-12-21(13-23(18(22)3)39-6-2)19(4)33(15-24(34)31-14-20-10-8-7-9-11-20)26(37)32-27(25(35)36)16-28(29,30)17-27/h7-13,19H,5-6,14-17H2,1-4H3,(H,31,34)(H,32,37)(H,35,36)/t19-/m1/s1. The van der Waals surface area contributed by atoms with Gasteiger partial charge in [0.2, 0.25) is 5.91 Å². The van der Waals surface area contributed by atoms with E-state index in [-0.39, 0.29) is 6.54 Å². The SMILES string of the molecule is CCOc1cc([C@@H](C)N(CC(=O)NCc2ccccc2)C(=O)NC2(C(=O)O)CC(F)(F)C2)cc(OCC)c1C. The summed E-state index contributed by atoms with van der Waals surface area (Å²) in [7, 11) is 0. The first kappa shape index (κ1) is 29.7. The van der Waals surface area contributed by atoms with Crippen LogP contribution in [0, 0.1) is 6.92 Å². The van der Waals surface area contributed by atoms with Crippen LogP contribution in [0.15, 0.2) is 42.5 Å². The van der Waals surface area contributed by atoms with Gasteiger partial charge in [0.05, 0.1) is 19.3 Å². The molecule has 0 bridgehead atoms. The summed E-state index contributed by atoms with van der Waals surface area (Å²) in [6.07, 6.45) is -2.06. The summed E-state index contributed by atoms with van der Waals surface area (Å²) in [5.41, 5.74) is 0.0338. The summed E-state index contributed by atoms with van der Waals surface area (Å²) in [4.78, 5) is 39.4. The van der Waals surface area contributed by atoms with Crippen LogP contribution < -0.4 is 20.1 Å². The van der Waals surface area contributed by atoms with E-state index in [4.69, 9.17) is 9.47 Å². The molecule has 1 fully saturated rings. The number of carbonyl (C=O) groups excluding carboxylic acids is 2. The van der Waals surface area contributed by atoms with E-state index in [1.54, 1.807) is 19.1 Å². The van der Waals surface area contributed by atoms with E-state index >= 15 is 0 Å². The Morgan fingerprint density at radius 2 is 1.62 bits per heavy atom. The molecule has 3 rings (SSSR count). The lowest BCUT2D eigenvalue weighted by atomic mass is 9.73. The van der Waals surface area contributed by atoms with E-state index in [0.29, 0.717) is 30.3 Å². The van der Waals surface area contributed by atoms with Crippen LogP contribution in [0.3, 0.4) is 0 Å². The fourth-order valence-corrected chi connectivity index (χ4v) is 4.51. The van der Waals surface area contributed by atoms with Crippen molar-refractivity contribution in [3.63, 3.8) is 0 Å². The molecule has 212 valence electrons. The van der Waals surface area contributed by atoms with E-state index in [9.17, 15) is 28.3 Å². The number of benzene rings is 2. The van der Waals surface area contributed by atoms with Gasteiger partial charge in [-0.3, -0.25) is 4.79 Å². The second kappa shape index (κ2) is 12.3. The van der Waals surface area contributed by atoms with Crippen LogP contribution in [0.1, 0.15) is 56.3 Å². The van der Waals surface area contributed by atoms with Gasteiger partial charge in [-0.05, 0) is 51.0 Å². The summed E-state index contributed by atoms with van der Waals surface area (Å²) in [6, 6.07) is 10.9. The number of hydrogen-bond acceptors (Lipinski definition) is 5. The number of ether oxygens (including phenoxy) is 2. The Morgan fingerprint density at radius 3 is 2.10 bits per heavy atom. The topological polar surface area (TPSA) is 117 Å². The van der Waals surface area contributed by atoms with Crippen LogP contribution in [0.5, 0.6) is 11.5 Å². The quantitative estimate of drug-likeness (QED) is 0.362. The summed E-state index contributed by atoms with van der Waals surface area (Å²) in [5, 5.41) is 14.7. The molecule has 1 aliphatic rings. The van der Waals surface area contributed by atoms with Crippen molar-refractivity contribution in [2.45, 2.75) is 64.6 Å². The van der Waals surface area contributed by atoms with Gasteiger partial charge in [-0.25, -0.2) is 18.4 Å². The molecule has 0 radical (unpaired) electrons. The highest BCUT2D eigenvalue weighted by Gasteiger charge is 2.62. The fourth-order valence-electron chi connectivity index (χ4n) is 4.51. The van der Waals surface area contributed by atoms with Crippen molar-refractivity contribution < 1.29 is 37.7 Å². The lowest BCUT2D eigenvalue weighted by molar-refractivity contribution is -0.175. The minimum atomic E-state index is -3.20. The number of halogens is 2. The van der Waals surface area contributed by atoms with Gasteiger partial charge in [0.25, 0.3) is 5.92 Å². The number of rotatable bonds is 12. The highest BCUT2D eigenvalue weighted by molar-refractivity contribution is 5.90. The number of amides is 3. The van der Waals surface area contributed by atoms with Crippen molar-refractivity contribution in [1.82, 2.24) is 15.5 Å². The molecular weight excluding hydrogens is 512 g/mol. The summed E-state index contributed by atoms with van der Waals surface area (Å²) < 4.78 is 38.9. The van der Waals surface area contributed by atoms with Crippen LogP contribution in [0.4, 0.5) is 13.6 Å². The molecule has 0 saturated heterocycles. The Morgan fingerprint density at radius 1 is 1.05 bits per heavy atom. The Bertz CT molecular complexity index is 1160. The molecule has 1 aliphatic carbocycles. The van der Waals surface area contributed by atoms with E-state index in [2.05, 4.69) is 10.6 Å². The van der Waals surface area contributed by atoms with Crippen LogP contribution in [-0.2, 0) is 16.1 Å². The lowest BCUT2D eigenvalue weighted by Gasteiger charge is -2.45. The van der Waals surface area contributed by atoms with Gasteiger partial charge in [-0.2, -0.15) is 0 Å². The van der Waals surface area contributed by atoms with E-state index < -0.39 is 54.8 Å². The number of aliphatic carboxylic acids is 1. The first-order chi connectivity index (χ1) is 18.4. The minimum Gasteiger partial charge on any atom is -0.493 e. The predicted molar refractivity (Wildman–Crippen MR) is 140 cm³/mol. The maximum absolute atomic E-state index is 13.7. The third-order valence-corrected chi connectivity index (χ3v) is 6.67. The Hall–Kier alpha value is -3.89. The monoisotopic (exact) mass is 547 g/mol. The zero-order valence-corrected chi connectivity index (χ0v) is 22.6. The Labute approximate surface area is 226 Å². The summed E-state index contributed by atoms with van der Waals surface area (Å²) in [6.45, 7) is 7.66. The first-order valence-corrected chi connectivity index (χ1v) is 12.8. The average molecular weight is 548 g/mol. The first-order valence-electron chi connectivity index (χ1n) is 12.8. The summed E-state index contributed by atoms with van der Waals surface area (Å²) in [5.74, 6) is -4.22. The molecular formula is C28H35F2N3O6. The predicted octanol–water partition coefficient (Wildman–Crippen LogP) is 4.43. The molecule has 11 heteroatoms. The molecule has 2 aromatic carbocycles. The second-order valence-electron chi connectivity index (χ2n) is 9.60. The molecule has 0 aliphatic heterocycles. The van der Waals surface area contributed by atoms with Gasteiger partial charge in [0, 0.05) is 24.9 Å². The molecule has 0 heterocycles. The maximum atomic E-state index is 13.7. The van der Waals surface area contributed by atoms with Crippen LogP contribution in [0.2, 0.25) is 0 Å². The van der Waals surface area contributed by atoms with Crippen LogP contribution in [0.25, 0.3) is 0 Å². The number of nitrogens with zero attached hydrogens (tertiary/aromatic N) is 1. The average Bonchev–Trinajstić information content (AvgIpc) is 2.87. The molecule has 3 amide bonds. The highest BCUT2D eigenvalue weighted by Crippen LogP contribution is 2.46. The Balaban J connectivity index is 1.91. The number of carboxylic acids is 1. The van der Waals surface area contributed by atoms with Crippen molar-refractivity contribution in [2.75, 3.05) is 19.8 Å². The van der Waals surface area contributed by atoms with E-state index in [0.717, 1.165) is 16.0 Å². The van der Waals surface area contributed by atoms with Crippen molar-refractivity contribution in [3.8, 4) is 11.5 Å². The minimum absolute atomic E-state index is 0.211. The normalized spacial score (nSPS) is 15.8. The molecule has 9 nitrogen and oxygen atoms in total. The molecule has 2 aromatic rings. The number of carbonyl (C=O) groups is 3. The molecule has 39 heavy (non-hydrogen) atoms. The third-order valence-electron chi connectivity index (χ3n) is 6.67. The fraction of sp³-hybridized carbons (Fsp3) is 0.464. The molecule has 1 saturated carbocycles. The van der Waals surface area contributed by atoms with Gasteiger partial charge < -0.3 is 30.1 Å². The summed E-state index contributed by atoms with van der Waals surface area (Å²) >= 11 is 0. The zero-order chi connectivity index (χ0) is 28.8. The zero-order valence-electron chi connectivity index (χ0n) is 22.6. The van der Waals surface area contributed by atoms with Gasteiger partial charge >= 0.3 is 12.0 Å². The third kappa shape index (κ3) is 7.15. The molecule has 1 atom stereocenters. The number of hydrogen-bond donors (Lipinski definition) is 3. The number of urea groups is 1. The largest absolute Gasteiger partial charge is 0.493 e. The highest BCUT2D eigenvalue weighted by atomic mass is 19.3. The van der Waals surface area contributed by atoms with Crippen molar-refractivity contribution in [3.05, 3.63) is 59.2 Å². The number of alkyl halides is 2. The molecule has 0 aromatic heterocycles. The molecule has 0 spiro atoms. The Kier molecular flexibility index (Phi) is 9.36. The van der Waals surface area contributed by atoms with Crippen molar-refractivity contribution in [2.24, 2.45) is 0 Å². The number of carboxylic acid groups (broad SMARTS) is 1.